The van der Waals surface area contributed by atoms with Crippen LogP contribution in [0.25, 0.3) is 0 Å². The van der Waals surface area contributed by atoms with Crippen LogP contribution in [-0.4, -0.2) is 25.2 Å². The molecule has 0 spiro atoms. The van der Waals surface area contributed by atoms with E-state index < -0.39 is 5.41 Å². The molecule has 2 atom stereocenters. The molecule has 23 heavy (non-hydrogen) atoms. The third kappa shape index (κ3) is 2.57. The average Bonchev–Trinajstić information content (AvgIpc) is 3.31. The molecule has 0 N–H and O–H groups in total. The number of nitrogens with zero attached hydrogens (tertiary/aromatic N) is 1. The van der Waals surface area contributed by atoms with Gasteiger partial charge in [0.05, 0.1) is 14.2 Å². The van der Waals surface area contributed by atoms with Gasteiger partial charge in [-0.15, -0.1) is 0 Å². The quantitative estimate of drug-likeness (QED) is 0.634. The topological polar surface area (TPSA) is 48.4 Å². The average molecular weight is 332 g/mol. The zero-order chi connectivity index (χ0) is 16.6. The minimum atomic E-state index is -0.721. The molecule has 1 fully saturated rings. The van der Waals surface area contributed by atoms with Gasteiger partial charge < -0.3 is 9.47 Å². The summed E-state index contributed by atoms with van der Waals surface area (Å²) in [6.07, 6.45) is 2.39. The lowest BCUT2D eigenvalue weighted by Crippen LogP contribution is -2.25. The number of pyridine rings is 1. The van der Waals surface area contributed by atoms with Gasteiger partial charge in [-0.25, -0.2) is 4.98 Å². The molecule has 0 radical (unpaired) electrons. The van der Waals surface area contributed by atoms with Gasteiger partial charge in [-0.3, -0.25) is 4.79 Å². The normalized spacial score (nSPS) is 22.5. The van der Waals surface area contributed by atoms with Gasteiger partial charge in [0.1, 0.15) is 16.3 Å². The first-order chi connectivity index (χ1) is 11.0. The molecule has 120 valence electrons. The number of carbonyl (C=O) groups is 1. The summed E-state index contributed by atoms with van der Waals surface area (Å²) in [4.78, 5) is 16.7. The fourth-order valence-corrected chi connectivity index (χ4v) is 3.36. The molecule has 0 amide bonds. The van der Waals surface area contributed by atoms with Crippen LogP contribution >= 0.6 is 11.6 Å². The Morgan fingerprint density at radius 3 is 2.70 bits per heavy atom. The van der Waals surface area contributed by atoms with Crippen LogP contribution < -0.4 is 4.74 Å². The zero-order valence-corrected chi connectivity index (χ0v) is 14.1. The lowest BCUT2D eigenvalue weighted by atomic mass is 9.89. The highest BCUT2D eigenvalue weighted by molar-refractivity contribution is 6.29. The van der Waals surface area contributed by atoms with E-state index in [1.165, 1.54) is 7.11 Å². The molecule has 1 aromatic carbocycles. The fraction of sp³-hybridized carbons (Fsp3) is 0.333. The van der Waals surface area contributed by atoms with Crippen LogP contribution in [0.1, 0.15) is 29.0 Å². The van der Waals surface area contributed by atoms with Crippen LogP contribution in [0.5, 0.6) is 5.75 Å². The van der Waals surface area contributed by atoms with Crippen molar-refractivity contribution in [3.05, 3.63) is 58.4 Å². The van der Waals surface area contributed by atoms with E-state index >= 15 is 0 Å². The first-order valence-corrected chi connectivity index (χ1v) is 7.75. The minimum Gasteiger partial charge on any atom is -0.496 e. The summed E-state index contributed by atoms with van der Waals surface area (Å²) in [6, 6.07) is 9.51. The maximum absolute atomic E-state index is 12.6. The molecule has 1 aromatic heterocycles. The van der Waals surface area contributed by atoms with Crippen molar-refractivity contribution in [1.29, 1.82) is 0 Å². The van der Waals surface area contributed by atoms with Crippen LogP contribution in [0.4, 0.5) is 0 Å². The summed E-state index contributed by atoms with van der Waals surface area (Å²) >= 11 is 5.86. The summed E-state index contributed by atoms with van der Waals surface area (Å²) in [5, 5.41) is 0.436. The molecule has 0 bridgehead atoms. The maximum atomic E-state index is 12.6. The van der Waals surface area contributed by atoms with E-state index in [1.54, 1.807) is 19.4 Å². The molecule has 1 aliphatic carbocycles. The monoisotopic (exact) mass is 331 g/mol. The number of ether oxygens (including phenoxy) is 2. The molecule has 1 aliphatic rings. The lowest BCUT2D eigenvalue weighted by Gasteiger charge is -2.19. The van der Waals surface area contributed by atoms with Gasteiger partial charge in [0.25, 0.3) is 0 Å². The summed E-state index contributed by atoms with van der Waals surface area (Å²) in [7, 11) is 3.03. The second kappa shape index (κ2) is 5.85. The molecule has 5 heteroatoms. The summed E-state index contributed by atoms with van der Waals surface area (Å²) < 4.78 is 10.6. The van der Waals surface area contributed by atoms with Gasteiger partial charge in [0, 0.05) is 17.7 Å². The first-order valence-electron chi connectivity index (χ1n) is 7.38. The Labute approximate surface area is 140 Å². The van der Waals surface area contributed by atoms with Crippen LogP contribution in [0.2, 0.25) is 5.15 Å². The molecule has 0 aliphatic heterocycles. The van der Waals surface area contributed by atoms with Gasteiger partial charge in [-0.05, 0) is 31.0 Å². The molecular formula is C18H18ClNO3. The maximum Gasteiger partial charge on any atom is 0.317 e. The molecular weight excluding hydrogens is 314 g/mol. The number of hydrogen-bond acceptors (Lipinski definition) is 4. The summed E-state index contributed by atoms with van der Waals surface area (Å²) in [6.45, 7) is 2.00. The van der Waals surface area contributed by atoms with Gasteiger partial charge in [0.2, 0.25) is 0 Å². The Hall–Kier alpha value is -2.07. The Balaban J connectivity index is 2.09. The predicted molar refractivity (Wildman–Crippen MR) is 88.0 cm³/mol. The number of benzene rings is 1. The third-order valence-corrected chi connectivity index (χ3v) is 4.72. The molecule has 2 aromatic rings. The second-order valence-electron chi connectivity index (χ2n) is 5.84. The zero-order valence-electron chi connectivity index (χ0n) is 13.3. The van der Waals surface area contributed by atoms with Gasteiger partial charge in [-0.1, -0.05) is 35.4 Å². The minimum absolute atomic E-state index is 0.00965. The molecule has 1 saturated carbocycles. The first kappa shape index (κ1) is 15.8. The Kier molecular flexibility index (Phi) is 4.02. The second-order valence-corrected chi connectivity index (χ2v) is 6.22. The molecule has 0 saturated heterocycles. The van der Waals surface area contributed by atoms with E-state index in [9.17, 15) is 4.79 Å². The number of hydrogen-bond donors (Lipinski definition) is 0. The highest BCUT2D eigenvalue weighted by atomic mass is 35.5. The molecule has 2 unspecified atom stereocenters. The number of aromatic nitrogens is 1. The largest absolute Gasteiger partial charge is 0.496 e. The molecule has 1 heterocycles. The van der Waals surface area contributed by atoms with Crippen molar-refractivity contribution in [1.82, 2.24) is 4.98 Å². The van der Waals surface area contributed by atoms with Crippen molar-refractivity contribution in [3.63, 3.8) is 0 Å². The highest BCUT2D eigenvalue weighted by Gasteiger charge is 2.64. The van der Waals surface area contributed by atoms with Crippen molar-refractivity contribution in [2.24, 2.45) is 0 Å². The number of methoxy groups -OCH3 is 2. The van der Waals surface area contributed by atoms with E-state index in [0.717, 1.165) is 16.7 Å². The van der Waals surface area contributed by atoms with Crippen molar-refractivity contribution < 1.29 is 14.3 Å². The summed E-state index contributed by atoms with van der Waals surface area (Å²) in [5.74, 6) is 0.460. The van der Waals surface area contributed by atoms with Crippen molar-refractivity contribution in [3.8, 4) is 5.75 Å². The molecule has 4 nitrogen and oxygen atoms in total. The van der Waals surface area contributed by atoms with Crippen molar-refractivity contribution >= 4 is 17.6 Å². The lowest BCUT2D eigenvalue weighted by molar-refractivity contribution is -0.143. The van der Waals surface area contributed by atoms with Crippen molar-refractivity contribution in [2.45, 2.75) is 24.7 Å². The van der Waals surface area contributed by atoms with E-state index in [1.807, 2.05) is 31.2 Å². The van der Waals surface area contributed by atoms with Gasteiger partial charge >= 0.3 is 5.97 Å². The smallest absolute Gasteiger partial charge is 0.317 e. The number of aryl methyl sites for hydroxylation is 1. The van der Waals surface area contributed by atoms with E-state index in [4.69, 9.17) is 21.1 Å². The number of carbonyl (C=O) groups excluding carboxylic acids is 1. The fourth-order valence-electron chi connectivity index (χ4n) is 3.24. The van der Waals surface area contributed by atoms with Crippen LogP contribution in [0.3, 0.4) is 0 Å². The third-order valence-electron chi connectivity index (χ3n) is 4.50. The number of esters is 1. The predicted octanol–water partition coefficient (Wildman–Crippen LogP) is 3.65. The van der Waals surface area contributed by atoms with Crippen LogP contribution in [0.15, 0.2) is 36.5 Å². The number of rotatable bonds is 4. The Bertz CT molecular complexity index is 744. The van der Waals surface area contributed by atoms with Gasteiger partial charge in [0.15, 0.2) is 0 Å². The number of halogens is 1. The van der Waals surface area contributed by atoms with Gasteiger partial charge in [-0.2, -0.15) is 0 Å². The van der Waals surface area contributed by atoms with E-state index in [2.05, 4.69) is 4.98 Å². The SMILES string of the molecule is COC(=O)C1(c2cc(C)ccc2OC)CC1c1ccc(Cl)nc1. The summed E-state index contributed by atoms with van der Waals surface area (Å²) in [5.41, 5.74) is 2.20. The Morgan fingerprint density at radius 1 is 1.30 bits per heavy atom. The standard InChI is InChI=1S/C18H18ClNO3/c1-11-4-6-15(22-2)13(8-11)18(17(21)23-3)9-14(18)12-5-7-16(19)20-10-12/h4-8,10,14H,9H2,1-3H3. The highest BCUT2D eigenvalue weighted by Crippen LogP contribution is 2.63. The Morgan fingerprint density at radius 2 is 2.09 bits per heavy atom. The van der Waals surface area contributed by atoms with E-state index in [0.29, 0.717) is 17.3 Å². The van der Waals surface area contributed by atoms with Crippen LogP contribution in [-0.2, 0) is 14.9 Å². The van der Waals surface area contributed by atoms with E-state index in [-0.39, 0.29) is 11.9 Å². The molecule has 3 rings (SSSR count). The van der Waals surface area contributed by atoms with Crippen LogP contribution in [0, 0.1) is 6.92 Å². The van der Waals surface area contributed by atoms with Crippen molar-refractivity contribution in [2.75, 3.05) is 14.2 Å².